The Labute approximate surface area is 265 Å². The summed E-state index contributed by atoms with van der Waals surface area (Å²) in [6, 6.07) is 12.7. The third-order valence-electron chi connectivity index (χ3n) is 10.6. The quantitative estimate of drug-likeness (QED) is 0.139. The fourth-order valence-electron chi connectivity index (χ4n) is 8.26. The molecule has 5 aliphatic rings. The van der Waals surface area contributed by atoms with E-state index in [1.165, 1.54) is 53.9 Å². The van der Waals surface area contributed by atoms with Gasteiger partial charge < -0.3 is 28.3 Å². The molecule has 9 rings (SSSR count). The van der Waals surface area contributed by atoms with Gasteiger partial charge in [0.1, 0.15) is 6.10 Å². The van der Waals surface area contributed by atoms with Crippen LogP contribution in [0.2, 0.25) is 0 Å². The van der Waals surface area contributed by atoms with Gasteiger partial charge in [-0.1, -0.05) is 12.1 Å². The molecule has 0 radical (unpaired) electrons. The third-order valence-corrected chi connectivity index (χ3v) is 10.6. The molecule has 2 bridgehead atoms. The van der Waals surface area contributed by atoms with Crippen LogP contribution < -0.4 is 4.74 Å². The molecule has 8 nitrogen and oxygen atoms in total. The summed E-state index contributed by atoms with van der Waals surface area (Å²) in [5.74, 6) is 0.686. The van der Waals surface area contributed by atoms with E-state index in [-0.39, 0.29) is 12.4 Å². The first-order valence-corrected chi connectivity index (χ1v) is 17.0. The van der Waals surface area contributed by atoms with Crippen molar-refractivity contribution in [3.8, 4) is 17.0 Å². The first kappa shape index (κ1) is 29.4. The number of fused-ring (bicyclic) bond motifs is 3. The summed E-state index contributed by atoms with van der Waals surface area (Å²) in [4.78, 5) is 8.94. The minimum atomic E-state index is 0.0227. The molecule has 8 heteroatoms. The van der Waals surface area contributed by atoms with Crippen molar-refractivity contribution in [1.82, 2.24) is 14.5 Å². The van der Waals surface area contributed by atoms with Crippen molar-refractivity contribution in [3.63, 3.8) is 0 Å². The summed E-state index contributed by atoms with van der Waals surface area (Å²) in [5, 5.41) is 2.40. The number of rotatable bonds is 14. The highest BCUT2D eigenvalue weighted by molar-refractivity contribution is 6.08. The zero-order chi connectivity index (χ0) is 30.3. The molecule has 5 fully saturated rings. The molecule has 4 heterocycles. The number of hydrogen-bond donors (Lipinski definition) is 0. The number of benzene rings is 1. The molecule has 0 N–H and O–H groups in total. The lowest BCUT2D eigenvalue weighted by Crippen LogP contribution is -2.66. The highest BCUT2D eigenvalue weighted by Crippen LogP contribution is 2.73. The largest absolute Gasteiger partial charge is 0.474 e. The highest BCUT2D eigenvalue weighted by atomic mass is 16.7. The van der Waals surface area contributed by atoms with Crippen LogP contribution in [0.5, 0.6) is 5.88 Å². The van der Waals surface area contributed by atoms with Gasteiger partial charge in [-0.25, -0.2) is 4.98 Å². The minimum Gasteiger partial charge on any atom is -0.474 e. The molecule has 1 aliphatic heterocycles. The van der Waals surface area contributed by atoms with Crippen molar-refractivity contribution in [3.05, 3.63) is 55.0 Å². The van der Waals surface area contributed by atoms with Crippen molar-refractivity contribution in [2.45, 2.75) is 82.7 Å². The summed E-state index contributed by atoms with van der Waals surface area (Å²) in [6.45, 7) is 4.24. The molecule has 1 unspecified atom stereocenters. The number of pyridine rings is 2. The topological polar surface area (TPSA) is 76.9 Å². The second-order valence-electron chi connectivity index (χ2n) is 14.2. The van der Waals surface area contributed by atoms with Crippen molar-refractivity contribution in [1.29, 1.82) is 0 Å². The van der Waals surface area contributed by atoms with E-state index in [1.54, 1.807) is 0 Å². The van der Waals surface area contributed by atoms with Crippen LogP contribution in [0.4, 0.5) is 0 Å². The number of ether oxygens (including phenoxy) is 5. The average Bonchev–Trinajstić information content (AvgIpc) is 3.30. The smallest absolute Gasteiger partial charge is 0.213 e. The Morgan fingerprint density at radius 2 is 1.69 bits per heavy atom. The monoisotopic (exact) mass is 611 g/mol. The van der Waals surface area contributed by atoms with Crippen LogP contribution in [-0.2, 0) is 26.0 Å². The van der Waals surface area contributed by atoms with E-state index in [1.807, 2.05) is 24.7 Å². The molecule has 0 amide bonds. The molecule has 1 saturated heterocycles. The van der Waals surface area contributed by atoms with Gasteiger partial charge in [0, 0.05) is 86.2 Å². The summed E-state index contributed by atoms with van der Waals surface area (Å²) < 4.78 is 32.2. The molecule has 4 aliphatic carbocycles. The van der Waals surface area contributed by atoms with Gasteiger partial charge in [0.05, 0.1) is 24.8 Å². The van der Waals surface area contributed by atoms with Gasteiger partial charge >= 0.3 is 0 Å². The van der Waals surface area contributed by atoms with E-state index < -0.39 is 0 Å². The zero-order valence-corrected chi connectivity index (χ0v) is 26.4. The van der Waals surface area contributed by atoms with Gasteiger partial charge in [-0.15, -0.1) is 0 Å². The first-order chi connectivity index (χ1) is 22.1. The number of nitrogens with zero attached hydrogens (tertiary/aromatic N) is 3. The first-order valence-electron chi connectivity index (χ1n) is 17.0. The van der Waals surface area contributed by atoms with Gasteiger partial charge in [0.15, 0.2) is 6.29 Å². The second kappa shape index (κ2) is 12.3. The molecular formula is C37H45N3O5. The standard InChI is InChI=1S/C37H45N3O5/c1-40-32-11-12-38-20-31(32)30-9-7-26(16-33(30)40)27-8-10-34(39-19-27)45-29-17-28(18-29)44-25-37-21-36(22-37,23-37)24-41-13-4-5-15-43-35-6-2-3-14-42-35/h7-12,16,19-20,28-29,35H,2-6,13-15,17-18,21-25H2,1H3. The molecule has 4 aromatic rings. The molecule has 0 spiro atoms. The number of unbranched alkanes of at least 4 members (excludes halogenated alkanes) is 1. The number of hydrogen-bond acceptors (Lipinski definition) is 7. The van der Waals surface area contributed by atoms with Gasteiger partial charge in [-0.2, -0.15) is 0 Å². The minimum absolute atomic E-state index is 0.0227. The van der Waals surface area contributed by atoms with E-state index >= 15 is 0 Å². The lowest BCUT2D eigenvalue weighted by molar-refractivity contribution is -0.263. The van der Waals surface area contributed by atoms with Crippen molar-refractivity contribution in [2.24, 2.45) is 17.9 Å². The van der Waals surface area contributed by atoms with Crippen LogP contribution in [0.1, 0.15) is 64.2 Å². The maximum Gasteiger partial charge on any atom is 0.213 e. The lowest BCUT2D eigenvalue weighted by Gasteiger charge is -2.70. The predicted molar refractivity (Wildman–Crippen MR) is 173 cm³/mol. The van der Waals surface area contributed by atoms with E-state index in [0.717, 1.165) is 76.3 Å². The SMILES string of the molecule is Cn1c2ccncc2c2ccc(-c3ccc(OC4CC(OCC56CC(COCCCCOC7CCCCO7)(C5)C6)C4)nc3)cc21. The van der Waals surface area contributed by atoms with Gasteiger partial charge in [-0.05, 0) is 86.0 Å². The summed E-state index contributed by atoms with van der Waals surface area (Å²) in [5.41, 5.74) is 5.44. The zero-order valence-electron chi connectivity index (χ0n) is 26.4. The Bertz CT molecular complexity index is 1600. The molecule has 3 aromatic heterocycles. The van der Waals surface area contributed by atoms with E-state index in [9.17, 15) is 0 Å². The summed E-state index contributed by atoms with van der Waals surface area (Å²) in [6.07, 6.45) is 17.4. The predicted octanol–water partition coefficient (Wildman–Crippen LogP) is 7.23. The molecule has 4 saturated carbocycles. The van der Waals surface area contributed by atoms with Crippen molar-refractivity contribution in [2.75, 3.05) is 33.0 Å². The Morgan fingerprint density at radius 1 is 0.844 bits per heavy atom. The van der Waals surface area contributed by atoms with Crippen molar-refractivity contribution >= 4 is 21.8 Å². The fraction of sp³-hybridized carbons (Fsp3) is 0.568. The number of aryl methyl sites for hydroxylation is 1. The molecule has 45 heavy (non-hydrogen) atoms. The molecule has 238 valence electrons. The number of aromatic nitrogens is 3. The van der Waals surface area contributed by atoms with Crippen LogP contribution in [0, 0.1) is 10.8 Å². The van der Waals surface area contributed by atoms with Gasteiger partial charge in [0.25, 0.3) is 0 Å². The van der Waals surface area contributed by atoms with E-state index in [0.29, 0.717) is 22.8 Å². The van der Waals surface area contributed by atoms with Crippen molar-refractivity contribution < 1.29 is 23.7 Å². The van der Waals surface area contributed by atoms with Gasteiger partial charge in [0.2, 0.25) is 5.88 Å². The second-order valence-corrected chi connectivity index (χ2v) is 14.2. The fourth-order valence-corrected chi connectivity index (χ4v) is 8.26. The Balaban J connectivity index is 0.717. The lowest BCUT2D eigenvalue weighted by atomic mass is 9.35. The Hall–Kier alpha value is -3.04. The van der Waals surface area contributed by atoms with Crippen LogP contribution in [0.15, 0.2) is 55.0 Å². The van der Waals surface area contributed by atoms with E-state index in [2.05, 4.69) is 51.9 Å². The Kier molecular flexibility index (Phi) is 8.02. The maximum absolute atomic E-state index is 6.33. The average molecular weight is 612 g/mol. The van der Waals surface area contributed by atoms with Crippen LogP contribution in [-0.4, -0.2) is 66.1 Å². The summed E-state index contributed by atoms with van der Waals surface area (Å²) >= 11 is 0. The molecule has 1 atom stereocenters. The highest BCUT2D eigenvalue weighted by Gasteiger charge is 2.67. The van der Waals surface area contributed by atoms with Crippen LogP contribution in [0.3, 0.4) is 0 Å². The van der Waals surface area contributed by atoms with Crippen LogP contribution >= 0.6 is 0 Å². The normalized spacial score (nSPS) is 28.9. The third kappa shape index (κ3) is 5.98. The summed E-state index contributed by atoms with van der Waals surface area (Å²) in [7, 11) is 2.11. The van der Waals surface area contributed by atoms with Gasteiger partial charge in [-0.3, -0.25) is 4.98 Å². The molecular weight excluding hydrogens is 566 g/mol. The molecule has 1 aromatic carbocycles. The Morgan fingerprint density at radius 3 is 2.51 bits per heavy atom. The van der Waals surface area contributed by atoms with E-state index in [4.69, 9.17) is 23.7 Å². The maximum atomic E-state index is 6.33. The van der Waals surface area contributed by atoms with Crippen LogP contribution in [0.25, 0.3) is 32.9 Å².